The Balaban J connectivity index is 1.71. The van der Waals surface area contributed by atoms with E-state index >= 15 is 0 Å². The Morgan fingerprint density at radius 3 is 1.58 bits per heavy atom. The molecule has 4 heteroatoms. The van der Waals surface area contributed by atoms with Crippen molar-refractivity contribution in [1.82, 2.24) is 0 Å². The third kappa shape index (κ3) is 1.86. The number of aliphatic imine (C=N–C) groups is 2. The SMILES string of the molecule is BrC1=C2C(=Nc3ccc4c5c(ccc4c32)N=C2CC=CC(Br)=C25)CC=C1. The van der Waals surface area contributed by atoms with Gasteiger partial charge < -0.3 is 0 Å². The molecule has 124 valence electrons. The van der Waals surface area contributed by atoms with Crippen LogP contribution >= 0.6 is 31.9 Å². The van der Waals surface area contributed by atoms with Crippen LogP contribution in [0.1, 0.15) is 24.0 Å². The predicted molar refractivity (Wildman–Crippen MR) is 117 cm³/mol. The van der Waals surface area contributed by atoms with Gasteiger partial charge in [-0.15, -0.1) is 0 Å². The van der Waals surface area contributed by atoms with Gasteiger partial charge in [0.05, 0.1) is 22.8 Å². The molecule has 0 spiro atoms. The van der Waals surface area contributed by atoms with Crippen LogP contribution in [0.3, 0.4) is 0 Å². The second-order valence-electron chi connectivity index (χ2n) is 6.79. The zero-order valence-electron chi connectivity index (χ0n) is 13.7. The topological polar surface area (TPSA) is 24.7 Å². The van der Waals surface area contributed by atoms with E-state index in [1.807, 2.05) is 0 Å². The van der Waals surface area contributed by atoms with Gasteiger partial charge in [0.1, 0.15) is 0 Å². The quantitative estimate of drug-likeness (QED) is 0.396. The highest BCUT2D eigenvalue weighted by Crippen LogP contribution is 2.50. The van der Waals surface area contributed by atoms with E-state index in [2.05, 4.69) is 80.4 Å². The molecule has 2 aromatic rings. The van der Waals surface area contributed by atoms with Crippen LogP contribution in [0.2, 0.25) is 0 Å². The van der Waals surface area contributed by atoms with Crippen LogP contribution in [0, 0.1) is 0 Å². The highest BCUT2D eigenvalue weighted by molar-refractivity contribution is 9.12. The van der Waals surface area contributed by atoms with Gasteiger partial charge in [-0.05, 0) is 22.9 Å². The number of fused-ring (bicyclic) bond motifs is 9. The fourth-order valence-corrected chi connectivity index (χ4v) is 5.54. The summed E-state index contributed by atoms with van der Waals surface area (Å²) in [5, 5.41) is 2.50. The summed E-state index contributed by atoms with van der Waals surface area (Å²) >= 11 is 7.48. The van der Waals surface area contributed by atoms with Gasteiger partial charge in [0.15, 0.2) is 0 Å². The Labute approximate surface area is 167 Å². The van der Waals surface area contributed by atoms with Crippen LogP contribution < -0.4 is 0 Å². The van der Waals surface area contributed by atoms with Crippen LogP contribution in [-0.4, -0.2) is 11.4 Å². The first-order valence-electron chi connectivity index (χ1n) is 8.61. The van der Waals surface area contributed by atoms with Crippen molar-refractivity contribution < 1.29 is 0 Å². The summed E-state index contributed by atoms with van der Waals surface area (Å²) in [7, 11) is 0. The third-order valence-electron chi connectivity index (χ3n) is 5.37. The maximum atomic E-state index is 4.88. The van der Waals surface area contributed by atoms with E-state index in [0.717, 1.165) is 44.6 Å². The van der Waals surface area contributed by atoms with Gasteiger partial charge in [-0.2, -0.15) is 0 Å². The van der Waals surface area contributed by atoms with Crippen molar-refractivity contribution in [2.75, 3.05) is 0 Å². The minimum absolute atomic E-state index is 0.889. The highest BCUT2D eigenvalue weighted by Gasteiger charge is 2.30. The predicted octanol–water partition coefficient (Wildman–Crippen LogP) is 7.14. The molecule has 6 rings (SSSR count). The molecule has 0 unspecified atom stereocenters. The second-order valence-corrected chi connectivity index (χ2v) is 8.50. The first kappa shape index (κ1) is 15.1. The molecule has 0 bridgehead atoms. The zero-order chi connectivity index (χ0) is 17.4. The van der Waals surface area contributed by atoms with Crippen molar-refractivity contribution >= 4 is 76.6 Å². The molecule has 0 saturated heterocycles. The molecule has 0 saturated carbocycles. The average molecular weight is 464 g/mol. The lowest BCUT2D eigenvalue weighted by Gasteiger charge is -2.15. The fourth-order valence-electron chi connectivity index (χ4n) is 4.31. The summed E-state index contributed by atoms with van der Waals surface area (Å²) in [4.78, 5) is 9.76. The van der Waals surface area contributed by atoms with Crippen LogP contribution in [0.4, 0.5) is 11.4 Å². The molecule has 4 aliphatic rings. The summed E-state index contributed by atoms with van der Waals surface area (Å²) < 4.78 is 2.24. The molecule has 0 fully saturated rings. The average Bonchev–Trinajstić information content (AvgIpc) is 3.20. The van der Waals surface area contributed by atoms with Gasteiger partial charge in [0, 0.05) is 44.1 Å². The van der Waals surface area contributed by atoms with Crippen molar-refractivity contribution in [2.24, 2.45) is 9.98 Å². The first-order valence-corrected chi connectivity index (χ1v) is 10.2. The summed E-state index contributed by atoms with van der Waals surface area (Å²) in [6, 6.07) is 8.73. The Kier molecular flexibility index (Phi) is 3.04. The lowest BCUT2D eigenvalue weighted by atomic mass is 9.88. The van der Waals surface area contributed by atoms with Crippen molar-refractivity contribution in [3.05, 3.63) is 68.7 Å². The van der Waals surface area contributed by atoms with Gasteiger partial charge in [-0.1, -0.05) is 68.3 Å². The van der Waals surface area contributed by atoms with Gasteiger partial charge in [0.25, 0.3) is 0 Å². The van der Waals surface area contributed by atoms with E-state index in [9.17, 15) is 0 Å². The molecule has 2 aliphatic carbocycles. The number of nitrogens with zero attached hydrogens (tertiary/aromatic N) is 2. The van der Waals surface area contributed by atoms with Crippen LogP contribution in [0.5, 0.6) is 0 Å². The minimum atomic E-state index is 0.889. The van der Waals surface area contributed by atoms with Crippen molar-refractivity contribution in [1.29, 1.82) is 0 Å². The van der Waals surface area contributed by atoms with E-state index in [-0.39, 0.29) is 0 Å². The maximum Gasteiger partial charge on any atom is 0.0719 e. The fraction of sp³-hybridized carbons (Fsp3) is 0.0909. The summed E-state index contributed by atoms with van der Waals surface area (Å²) in [6.45, 7) is 0. The molecule has 2 aliphatic heterocycles. The Bertz CT molecular complexity index is 1140. The standard InChI is InChI=1S/C22H12Br2N2/c23-13-3-1-5-15-21(13)19-11-8-10-18-20(12(11)7-9-17(19)25-15)22-14(24)4-2-6-16(22)26-18/h1-4,7-10H,5-6H2. The molecule has 2 nitrogen and oxygen atoms in total. The largest absolute Gasteiger partial charge is 0.252 e. The Morgan fingerprint density at radius 1 is 0.654 bits per heavy atom. The Morgan fingerprint density at radius 2 is 1.12 bits per heavy atom. The Hall–Kier alpha value is -2.04. The molecular formula is C22H12Br2N2. The summed E-state index contributed by atoms with van der Waals surface area (Å²) in [5.74, 6) is 0. The number of allylic oxidation sites excluding steroid dienone is 8. The molecule has 2 heterocycles. The molecule has 0 atom stereocenters. The number of hydrogen-bond donors (Lipinski definition) is 0. The van der Waals surface area contributed by atoms with E-state index in [0.29, 0.717) is 0 Å². The van der Waals surface area contributed by atoms with E-state index in [4.69, 9.17) is 9.98 Å². The van der Waals surface area contributed by atoms with Gasteiger partial charge in [0.2, 0.25) is 0 Å². The number of benzene rings is 2. The second kappa shape index (κ2) is 5.24. The first-order chi connectivity index (χ1) is 12.7. The molecule has 26 heavy (non-hydrogen) atoms. The van der Waals surface area contributed by atoms with Crippen LogP contribution in [0.25, 0.3) is 21.9 Å². The summed E-state index contributed by atoms with van der Waals surface area (Å²) in [5.41, 5.74) is 9.41. The lowest BCUT2D eigenvalue weighted by molar-refractivity contribution is 1.44. The monoisotopic (exact) mass is 462 g/mol. The number of halogens is 2. The molecular weight excluding hydrogens is 452 g/mol. The molecule has 0 N–H and O–H groups in total. The maximum absolute atomic E-state index is 4.88. The molecule has 0 aromatic heterocycles. The zero-order valence-corrected chi connectivity index (χ0v) is 16.9. The normalized spacial score (nSPS) is 19.5. The van der Waals surface area contributed by atoms with Crippen LogP contribution in [-0.2, 0) is 0 Å². The number of hydrogen-bond acceptors (Lipinski definition) is 2. The lowest BCUT2D eigenvalue weighted by Crippen LogP contribution is -2.02. The van der Waals surface area contributed by atoms with Crippen molar-refractivity contribution in [3.63, 3.8) is 0 Å². The van der Waals surface area contributed by atoms with Crippen molar-refractivity contribution in [2.45, 2.75) is 12.8 Å². The van der Waals surface area contributed by atoms with E-state index < -0.39 is 0 Å². The molecule has 0 amide bonds. The molecule has 2 aromatic carbocycles. The molecule has 0 radical (unpaired) electrons. The number of rotatable bonds is 0. The third-order valence-corrected chi connectivity index (χ3v) is 6.69. The van der Waals surface area contributed by atoms with Crippen molar-refractivity contribution in [3.8, 4) is 0 Å². The summed E-state index contributed by atoms with van der Waals surface area (Å²) in [6.07, 6.45) is 10.4. The van der Waals surface area contributed by atoms with E-state index in [1.165, 1.54) is 33.0 Å². The smallest absolute Gasteiger partial charge is 0.0719 e. The van der Waals surface area contributed by atoms with Gasteiger partial charge in [-0.3, -0.25) is 9.98 Å². The minimum Gasteiger partial charge on any atom is -0.252 e. The van der Waals surface area contributed by atoms with Gasteiger partial charge in [-0.25, -0.2) is 0 Å². The van der Waals surface area contributed by atoms with E-state index in [1.54, 1.807) is 0 Å². The van der Waals surface area contributed by atoms with Crippen LogP contribution in [0.15, 0.2) is 67.5 Å². The van der Waals surface area contributed by atoms with Gasteiger partial charge >= 0.3 is 0 Å². The highest BCUT2D eigenvalue weighted by atomic mass is 79.9.